The summed E-state index contributed by atoms with van der Waals surface area (Å²) in [5.41, 5.74) is 0.881. The van der Waals surface area contributed by atoms with Crippen molar-refractivity contribution in [3.63, 3.8) is 0 Å². The van der Waals surface area contributed by atoms with Crippen molar-refractivity contribution in [3.8, 4) is 0 Å². The van der Waals surface area contributed by atoms with Crippen LogP contribution in [0.15, 0.2) is 22.7 Å². The van der Waals surface area contributed by atoms with Gasteiger partial charge < -0.3 is 5.32 Å². The number of nitrogens with one attached hydrogen (secondary N) is 1. The van der Waals surface area contributed by atoms with Crippen LogP contribution in [0, 0.1) is 0 Å². The van der Waals surface area contributed by atoms with Crippen LogP contribution < -0.4 is 5.32 Å². The van der Waals surface area contributed by atoms with E-state index in [1.165, 1.54) is 0 Å². The Hall–Kier alpha value is -0.230. The van der Waals surface area contributed by atoms with Crippen LogP contribution in [0.3, 0.4) is 0 Å². The molecule has 0 saturated carbocycles. The third-order valence-corrected chi connectivity index (χ3v) is 4.24. The van der Waals surface area contributed by atoms with Crippen LogP contribution in [-0.4, -0.2) is 37.5 Å². The van der Waals surface area contributed by atoms with E-state index in [0.717, 1.165) is 36.2 Å². The first-order valence-electron chi connectivity index (χ1n) is 6.26. The molecule has 6 heteroatoms. The van der Waals surface area contributed by atoms with E-state index in [-0.39, 0.29) is 12.5 Å². The van der Waals surface area contributed by atoms with Gasteiger partial charge in [-0.3, -0.25) is 4.90 Å². The van der Waals surface area contributed by atoms with Crippen LogP contribution in [0.1, 0.15) is 18.0 Å². The van der Waals surface area contributed by atoms with E-state index in [9.17, 15) is 8.78 Å². The Balaban J connectivity index is 2.25. The zero-order valence-electron chi connectivity index (χ0n) is 10.4. The summed E-state index contributed by atoms with van der Waals surface area (Å²) in [7, 11) is 0. The van der Waals surface area contributed by atoms with Crippen molar-refractivity contribution in [2.24, 2.45) is 0 Å². The van der Waals surface area contributed by atoms with Gasteiger partial charge in [0.25, 0.3) is 0 Å². The summed E-state index contributed by atoms with van der Waals surface area (Å²) < 4.78 is 26.5. The lowest BCUT2D eigenvalue weighted by Crippen LogP contribution is -2.45. The van der Waals surface area contributed by atoms with Crippen molar-refractivity contribution < 1.29 is 8.78 Å². The number of benzene rings is 1. The highest BCUT2D eigenvalue weighted by atomic mass is 79.9. The lowest BCUT2D eigenvalue weighted by Gasteiger charge is -2.35. The fourth-order valence-electron chi connectivity index (χ4n) is 2.41. The van der Waals surface area contributed by atoms with Crippen LogP contribution >= 0.6 is 27.5 Å². The largest absolute Gasteiger partial charge is 0.314 e. The summed E-state index contributed by atoms with van der Waals surface area (Å²) in [6.07, 6.45) is -2.47. The highest BCUT2D eigenvalue weighted by Crippen LogP contribution is 2.34. The van der Waals surface area contributed by atoms with Crippen LogP contribution in [0.2, 0.25) is 5.02 Å². The van der Waals surface area contributed by atoms with E-state index in [0.29, 0.717) is 5.02 Å². The van der Waals surface area contributed by atoms with E-state index in [1.807, 2.05) is 6.07 Å². The zero-order chi connectivity index (χ0) is 13.8. The lowest BCUT2D eigenvalue weighted by atomic mass is 10.0. The Bertz CT molecular complexity index is 425. The molecule has 0 aromatic heterocycles. The SMILES string of the molecule is FC(F)C[C@@H](c1ccc(Cl)cc1Br)N1CCNCC1. The smallest absolute Gasteiger partial charge is 0.240 e. The van der Waals surface area contributed by atoms with Gasteiger partial charge in [0, 0.05) is 48.1 Å². The topological polar surface area (TPSA) is 15.3 Å². The van der Waals surface area contributed by atoms with E-state index in [2.05, 4.69) is 26.1 Å². The number of hydrogen-bond acceptors (Lipinski definition) is 2. The second kappa shape index (κ2) is 6.97. The fourth-order valence-corrected chi connectivity index (χ4v) is 3.35. The summed E-state index contributed by atoms with van der Waals surface area (Å²) in [6, 6.07) is 5.08. The van der Waals surface area contributed by atoms with Crippen molar-refractivity contribution in [2.75, 3.05) is 26.2 Å². The molecule has 1 aliphatic heterocycles. The number of hydrogen-bond donors (Lipinski definition) is 1. The predicted octanol–water partition coefficient (Wildman–Crippen LogP) is 3.70. The average Bonchev–Trinajstić information content (AvgIpc) is 2.37. The molecule has 1 fully saturated rings. The molecule has 1 saturated heterocycles. The molecule has 0 unspecified atom stereocenters. The molecule has 2 nitrogen and oxygen atoms in total. The maximum Gasteiger partial charge on any atom is 0.240 e. The normalized spacial score (nSPS) is 18.8. The van der Waals surface area contributed by atoms with Gasteiger partial charge in [-0.05, 0) is 17.7 Å². The first-order valence-corrected chi connectivity index (χ1v) is 7.43. The molecule has 19 heavy (non-hydrogen) atoms. The molecule has 1 aliphatic rings. The predicted molar refractivity (Wildman–Crippen MR) is 77.0 cm³/mol. The molecule has 1 aromatic carbocycles. The minimum absolute atomic E-state index is 0.153. The average molecular weight is 354 g/mol. The molecular weight excluding hydrogens is 338 g/mol. The Labute approximate surface area is 125 Å². The van der Waals surface area contributed by atoms with E-state index in [1.54, 1.807) is 12.1 Å². The zero-order valence-corrected chi connectivity index (χ0v) is 12.7. The summed E-state index contributed by atoms with van der Waals surface area (Å²) in [4.78, 5) is 2.11. The fraction of sp³-hybridized carbons (Fsp3) is 0.538. The number of halogens is 4. The van der Waals surface area contributed by atoms with Gasteiger partial charge in [-0.25, -0.2) is 8.78 Å². The highest BCUT2D eigenvalue weighted by Gasteiger charge is 2.26. The van der Waals surface area contributed by atoms with Gasteiger partial charge in [0.1, 0.15) is 0 Å². The van der Waals surface area contributed by atoms with Crippen molar-refractivity contribution >= 4 is 27.5 Å². The van der Waals surface area contributed by atoms with Gasteiger partial charge in [0.2, 0.25) is 6.43 Å². The van der Waals surface area contributed by atoms with Crippen molar-refractivity contribution in [3.05, 3.63) is 33.3 Å². The summed E-state index contributed by atoms with van der Waals surface area (Å²) in [5, 5.41) is 3.84. The van der Waals surface area contributed by atoms with Crippen LogP contribution in [0.4, 0.5) is 8.78 Å². The standard InChI is InChI=1S/C13H16BrClF2N2/c14-11-7-9(15)1-2-10(11)12(8-13(16)17)19-5-3-18-4-6-19/h1-2,7,12-13,18H,3-6,8H2/t12-/m0/s1. The molecule has 1 aromatic rings. The van der Waals surface area contributed by atoms with Crippen LogP contribution in [-0.2, 0) is 0 Å². The van der Waals surface area contributed by atoms with Gasteiger partial charge in [-0.2, -0.15) is 0 Å². The molecule has 1 atom stereocenters. The number of piperazine rings is 1. The molecule has 1 N–H and O–H groups in total. The Morgan fingerprint density at radius 3 is 2.58 bits per heavy atom. The molecule has 0 amide bonds. The van der Waals surface area contributed by atoms with Gasteiger partial charge in [0.15, 0.2) is 0 Å². The summed E-state index contributed by atoms with van der Waals surface area (Å²) in [5.74, 6) is 0. The molecule has 106 valence electrons. The maximum atomic E-state index is 12.9. The van der Waals surface area contributed by atoms with E-state index >= 15 is 0 Å². The minimum atomic E-state index is -2.32. The lowest BCUT2D eigenvalue weighted by molar-refractivity contribution is 0.0736. The Morgan fingerprint density at radius 2 is 2.00 bits per heavy atom. The van der Waals surface area contributed by atoms with Crippen LogP contribution in [0.5, 0.6) is 0 Å². The molecule has 1 heterocycles. The minimum Gasteiger partial charge on any atom is -0.314 e. The van der Waals surface area contributed by atoms with Gasteiger partial charge in [-0.1, -0.05) is 33.6 Å². The second-order valence-corrected chi connectivity index (χ2v) is 5.89. The van der Waals surface area contributed by atoms with Gasteiger partial charge >= 0.3 is 0 Å². The third-order valence-electron chi connectivity index (χ3n) is 3.32. The first-order chi connectivity index (χ1) is 9.08. The molecule has 0 radical (unpaired) electrons. The molecule has 0 aliphatic carbocycles. The van der Waals surface area contributed by atoms with E-state index < -0.39 is 6.43 Å². The molecular formula is C13H16BrClF2N2. The first kappa shape index (κ1) is 15.2. The summed E-state index contributed by atoms with van der Waals surface area (Å²) in [6.45, 7) is 3.24. The Morgan fingerprint density at radius 1 is 1.32 bits per heavy atom. The quantitative estimate of drug-likeness (QED) is 0.888. The van der Waals surface area contributed by atoms with E-state index in [4.69, 9.17) is 11.6 Å². The number of rotatable bonds is 4. The van der Waals surface area contributed by atoms with Crippen molar-refractivity contribution in [1.29, 1.82) is 0 Å². The highest BCUT2D eigenvalue weighted by molar-refractivity contribution is 9.10. The molecule has 0 spiro atoms. The summed E-state index contributed by atoms with van der Waals surface area (Å²) >= 11 is 9.34. The van der Waals surface area contributed by atoms with Crippen molar-refractivity contribution in [1.82, 2.24) is 10.2 Å². The molecule has 2 rings (SSSR count). The number of alkyl halides is 2. The monoisotopic (exact) mass is 352 g/mol. The molecule has 0 bridgehead atoms. The Kier molecular flexibility index (Phi) is 5.57. The number of nitrogens with zero attached hydrogens (tertiary/aromatic N) is 1. The van der Waals surface area contributed by atoms with Crippen LogP contribution in [0.25, 0.3) is 0 Å². The van der Waals surface area contributed by atoms with Gasteiger partial charge in [0.05, 0.1) is 0 Å². The van der Waals surface area contributed by atoms with Gasteiger partial charge in [-0.15, -0.1) is 0 Å². The van der Waals surface area contributed by atoms with Crippen molar-refractivity contribution in [2.45, 2.75) is 18.9 Å². The third kappa shape index (κ3) is 4.12. The maximum absolute atomic E-state index is 12.9. The second-order valence-electron chi connectivity index (χ2n) is 4.59.